The smallest absolute Gasteiger partial charge is 0.251 e. The van der Waals surface area contributed by atoms with E-state index in [1.165, 1.54) is 0 Å². The molecule has 0 heterocycles. The van der Waals surface area contributed by atoms with Crippen molar-refractivity contribution < 1.29 is 9.90 Å². The summed E-state index contributed by atoms with van der Waals surface area (Å²) >= 11 is 0. The van der Waals surface area contributed by atoms with Crippen LogP contribution in [0.25, 0.3) is 0 Å². The van der Waals surface area contributed by atoms with Gasteiger partial charge in [0.25, 0.3) is 5.91 Å². The van der Waals surface area contributed by atoms with Crippen LogP contribution < -0.4 is 5.32 Å². The Morgan fingerprint density at radius 1 is 1.15 bits per heavy atom. The Morgan fingerprint density at radius 2 is 1.80 bits per heavy atom. The molecule has 2 aromatic carbocycles. The second kappa shape index (κ2) is 6.50. The van der Waals surface area contributed by atoms with Crippen LogP contribution in [0.5, 0.6) is 0 Å². The fourth-order valence-corrected chi connectivity index (χ4v) is 1.78. The van der Waals surface area contributed by atoms with Gasteiger partial charge in [-0.1, -0.05) is 30.3 Å². The van der Waals surface area contributed by atoms with Gasteiger partial charge in [0.2, 0.25) is 0 Å². The third-order valence-corrected chi connectivity index (χ3v) is 2.92. The highest BCUT2D eigenvalue weighted by Gasteiger charge is 2.10. The van der Waals surface area contributed by atoms with Crippen LogP contribution in [0, 0.1) is 11.3 Å². The van der Waals surface area contributed by atoms with Crippen molar-refractivity contribution in [2.75, 3.05) is 6.54 Å². The molecule has 1 atom stereocenters. The Bertz CT molecular complexity index is 615. The average Bonchev–Trinajstić information content (AvgIpc) is 2.53. The number of aliphatic hydroxyl groups excluding tert-OH is 1. The van der Waals surface area contributed by atoms with Gasteiger partial charge in [0.05, 0.1) is 17.7 Å². The Labute approximate surface area is 117 Å². The fraction of sp³-hybridized carbons (Fsp3) is 0.125. The van der Waals surface area contributed by atoms with Gasteiger partial charge in [-0.2, -0.15) is 5.26 Å². The van der Waals surface area contributed by atoms with E-state index < -0.39 is 6.10 Å². The standard InChI is InChI=1S/C16H14N2O2/c17-10-12-6-8-14(9-7-12)16(20)18-11-15(19)13-4-2-1-3-5-13/h1-9,15,19H,11H2,(H,18,20)/t15-/m1/s1. The molecule has 0 aliphatic rings. The average molecular weight is 266 g/mol. The second-order valence-corrected chi connectivity index (χ2v) is 4.33. The molecule has 2 N–H and O–H groups in total. The summed E-state index contributed by atoms with van der Waals surface area (Å²) < 4.78 is 0. The van der Waals surface area contributed by atoms with Gasteiger partial charge in [-0.15, -0.1) is 0 Å². The molecule has 0 saturated carbocycles. The fourth-order valence-electron chi connectivity index (χ4n) is 1.78. The molecule has 2 aromatic rings. The predicted octanol–water partition coefficient (Wildman–Crippen LogP) is 2.02. The minimum Gasteiger partial charge on any atom is -0.387 e. The number of hydrogen-bond donors (Lipinski definition) is 2. The van der Waals surface area contributed by atoms with E-state index in [1.807, 2.05) is 24.3 Å². The van der Waals surface area contributed by atoms with E-state index in [2.05, 4.69) is 5.32 Å². The molecule has 0 aliphatic heterocycles. The summed E-state index contributed by atoms with van der Waals surface area (Å²) in [6, 6.07) is 17.5. The molecule has 20 heavy (non-hydrogen) atoms. The van der Waals surface area contributed by atoms with Gasteiger partial charge in [-0.25, -0.2) is 0 Å². The van der Waals surface area contributed by atoms with Crippen molar-refractivity contribution in [2.45, 2.75) is 6.10 Å². The van der Waals surface area contributed by atoms with Crippen molar-refractivity contribution in [3.8, 4) is 6.07 Å². The number of carbonyl (C=O) groups is 1. The van der Waals surface area contributed by atoms with Gasteiger partial charge >= 0.3 is 0 Å². The number of benzene rings is 2. The number of aliphatic hydroxyl groups is 1. The van der Waals surface area contributed by atoms with E-state index in [4.69, 9.17) is 5.26 Å². The van der Waals surface area contributed by atoms with Gasteiger partial charge < -0.3 is 10.4 Å². The number of nitrogens with zero attached hydrogens (tertiary/aromatic N) is 1. The number of amides is 1. The maximum absolute atomic E-state index is 11.9. The Hall–Kier alpha value is -2.64. The highest BCUT2D eigenvalue weighted by atomic mass is 16.3. The van der Waals surface area contributed by atoms with E-state index in [-0.39, 0.29) is 12.5 Å². The Kier molecular flexibility index (Phi) is 4.48. The molecule has 0 saturated heterocycles. The SMILES string of the molecule is N#Cc1ccc(C(=O)NC[C@@H](O)c2ccccc2)cc1. The highest BCUT2D eigenvalue weighted by molar-refractivity contribution is 5.94. The molecular formula is C16H14N2O2. The maximum atomic E-state index is 11.9. The van der Waals surface area contributed by atoms with Crippen molar-refractivity contribution in [1.82, 2.24) is 5.32 Å². The zero-order valence-electron chi connectivity index (χ0n) is 10.8. The lowest BCUT2D eigenvalue weighted by atomic mass is 10.1. The summed E-state index contributed by atoms with van der Waals surface area (Å²) in [4.78, 5) is 11.9. The molecule has 0 aromatic heterocycles. The first-order valence-corrected chi connectivity index (χ1v) is 6.22. The Balaban J connectivity index is 1.93. The van der Waals surface area contributed by atoms with Gasteiger partial charge in [0, 0.05) is 12.1 Å². The van der Waals surface area contributed by atoms with Crippen LogP contribution >= 0.6 is 0 Å². The predicted molar refractivity (Wildman–Crippen MR) is 74.9 cm³/mol. The van der Waals surface area contributed by atoms with E-state index in [0.29, 0.717) is 11.1 Å². The molecule has 4 nitrogen and oxygen atoms in total. The molecule has 0 fully saturated rings. The number of carbonyl (C=O) groups excluding carboxylic acids is 1. The molecule has 0 radical (unpaired) electrons. The first kappa shape index (κ1) is 13.8. The van der Waals surface area contributed by atoms with Crippen molar-refractivity contribution in [3.63, 3.8) is 0 Å². The quantitative estimate of drug-likeness (QED) is 0.889. The van der Waals surface area contributed by atoms with E-state index in [1.54, 1.807) is 36.4 Å². The van der Waals surface area contributed by atoms with Gasteiger partial charge in [0.15, 0.2) is 0 Å². The van der Waals surface area contributed by atoms with Crippen LogP contribution in [0.1, 0.15) is 27.6 Å². The van der Waals surface area contributed by atoms with E-state index >= 15 is 0 Å². The summed E-state index contributed by atoms with van der Waals surface area (Å²) in [5.74, 6) is -0.274. The summed E-state index contributed by atoms with van der Waals surface area (Å²) in [6.07, 6.45) is -0.737. The molecule has 0 bridgehead atoms. The summed E-state index contributed by atoms with van der Waals surface area (Å²) in [5.41, 5.74) is 1.72. The van der Waals surface area contributed by atoms with Crippen LogP contribution in [0.15, 0.2) is 54.6 Å². The third kappa shape index (κ3) is 3.44. The topological polar surface area (TPSA) is 73.1 Å². The Morgan fingerprint density at radius 3 is 2.40 bits per heavy atom. The number of nitriles is 1. The molecule has 4 heteroatoms. The lowest BCUT2D eigenvalue weighted by Gasteiger charge is -2.12. The van der Waals surface area contributed by atoms with Gasteiger partial charge in [-0.3, -0.25) is 4.79 Å². The van der Waals surface area contributed by atoms with Crippen LogP contribution in [-0.2, 0) is 0 Å². The summed E-state index contributed by atoms with van der Waals surface area (Å²) in [7, 11) is 0. The van der Waals surface area contributed by atoms with E-state index in [9.17, 15) is 9.90 Å². The molecule has 0 unspecified atom stereocenters. The lowest BCUT2D eigenvalue weighted by Crippen LogP contribution is -2.28. The van der Waals surface area contributed by atoms with Gasteiger partial charge in [0.1, 0.15) is 0 Å². The second-order valence-electron chi connectivity index (χ2n) is 4.33. The summed E-state index contributed by atoms with van der Waals surface area (Å²) in [6.45, 7) is 0.142. The zero-order chi connectivity index (χ0) is 14.4. The summed E-state index contributed by atoms with van der Waals surface area (Å²) in [5, 5.41) is 21.3. The molecule has 1 amide bonds. The first-order chi connectivity index (χ1) is 9.70. The normalized spacial score (nSPS) is 11.4. The van der Waals surface area contributed by atoms with Gasteiger partial charge in [-0.05, 0) is 29.8 Å². The number of hydrogen-bond acceptors (Lipinski definition) is 3. The highest BCUT2D eigenvalue weighted by Crippen LogP contribution is 2.11. The molecular weight excluding hydrogens is 252 g/mol. The molecule has 0 aliphatic carbocycles. The third-order valence-electron chi connectivity index (χ3n) is 2.92. The van der Waals surface area contributed by atoms with Crippen molar-refractivity contribution in [1.29, 1.82) is 5.26 Å². The zero-order valence-corrected chi connectivity index (χ0v) is 10.8. The monoisotopic (exact) mass is 266 g/mol. The van der Waals surface area contributed by atoms with Crippen LogP contribution in [0.3, 0.4) is 0 Å². The van der Waals surface area contributed by atoms with Crippen molar-refractivity contribution >= 4 is 5.91 Å². The molecule has 100 valence electrons. The van der Waals surface area contributed by atoms with Crippen LogP contribution in [0.4, 0.5) is 0 Å². The lowest BCUT2D eigenvalue weighted by molar-refractivity contribution is 0.0916. The van der Waals surface area contributed by atoms with Crippen molar-refractivity contribution in [3.05, 3.63) is 71.3 Å². The van der Waals surface area contributed by atoms with Crippen LogP contribution in [-0.4, -0.2) is 17.6 Å². The minimum absolute atomic E-state index is 0.142. The van der Waals surface area contributed by atoms with E-state index in [0.717, 1.165) is 5.56 Å². The largest absolute Gasteiger partial charge is 0.387 e. The van der Waals surface area contributed by atoms with Crippen molar-refractivity contribution in [2.24, 2.45) is 0 Å². The molecule has 2 rings (SSSR count). The minimum atomic E-state index is -0.737. The maximum Gasteiger partial charge on any atom is 0.251 e. The van der Waals surface area contributed by atoms with Crippen LogP contribution in [0.2, 0.25) is 0 Å². The molecule has 0 spiro atoms. The number of rotatable bonds is 4. The number of nitrogens with one attached hydrogen (secondary N) is 1. The first-order valence-electron chi connectivity index (χ1n) is 6.22.